The lowest BCUT2D eigenvalue weighted by Gasteiger charge is -2.14. The highest BCUT2D eigenvalue weighted by atomic mass is 19.1. The molecule has 0 heterocycles. The van der Waals surface area contributed by atoms with Crippen molar-refractivity contribution in [2.45, 2.75) is 19.9 Å². The maximum Gasteiger partial charge on any atom is 0.407 e. The van der Waals surface area contributed by atoms with Crippen LogP contribution < -0.4 is 5.32 Å². The molecular formula is C8H14FNO3. The quantitative estimate of drug-likeness (QED) is 0.718. The van der Waals surface area contributed by atoms with Crippen molar-refractivity contribution in [2.75, 3.05) is 13.8 Å². The zero-order chi connectivity index (χ0) is 10.4. The number of alkyl carbamates (subject to hydrolysis) is 1. The minimum absolute atomic E-state index is 0.307. The van der Waals surface area contributed by atoms with E-state index in [9.17, 15) is 14.0 Å². The predicted molar refractivity (Wildman–Crippen MR) is 45.1 cm³/mol. The molecule has 4 nitrogen and oxygen atoms in total. The molecule has 1 amide bonds. The molecule has 1 unspecified atom stereocenters. The zero-order valence-electron chi connectivity index (χ0n) is 7.96. The molecule has 0 rings (SSSR count). The Morgan fingerprint density at radius 1 is 1.46 bits per heavy atom. The third kappa shape index (κ3) is 3.87. The third-order valence-electron chi connectivity index (χ3n) is 1.54. The fourth-order valence-electron chi connectivity index (χ4n) is 0.789. The Kier molecular flexibility index (Phi) is 5.03. The molecule has 0 bridgehead atoms. The smallest absolute Gasteiger partial charge is 0.407 e. The number of methoxy groups -OCH3 is 1. The van der Waals surface area contributed by atoms with Gasteiger partial charge in [0.1, 0.15) is 12.7 Å². The minimum Gasteiger partial charge on any atom is -0.453 e. The maximum atomic E-state index is 12.3. The molecule has 0 aromatic carbocycles. The van der Waals surface area contributed by atoms with Crippen molar-refractivity contribution < 1.29 is 18.7 Å². The number of hydrogen-bond donors (Lipinski definition) is 1. The Hall–Kier alpha value is -1.13. The second kappa shape index (κ2) is 5.50. The van der Waals surface area contributed by atoms with E-state index in [0.29, 0.717) is 0 Å². The van der Waals surface area contributed by atoms with Gasteiger partial charge < -0.3 is 10.1 Å². The van der Waals surface area contributed by atoms with E-state index >= 15 is 0 Å². The van der Waals surface area contributed by atoms with E-state index in [1.165, 1.54) is 0 Å². The molecule has 13 heavy (non-hydrogen) atoms. The van der Waals surface area contributed by atoms with Gasteiger partial charge in [0.15, 0.2) is 5.78 Å². The van der Waals surface area contributed by atoms with Crippen molar-refractivity contribution in [1.82, 2.24) is 5.32 Å². The van der Waals surface area contributed by atoms with E-state index in [1.807, 2.05) is 0 Å². The lowest BCUT2D eigenvalue weighted by molar-refractivity contribution is -0.124. The summed E-state index contributed by atoms with van der Waals surface area (Å²) in [5.41, 5.74) is 0. The molecule has 76 valence electrons. The monoisotopic (exact) mass is 191 g/mol. The van der Waals surface area contributed by atoms with E-state index in [1.54, 1.807) is 13.8 Å². The standard InChI is InChI=1S/C8H14FNO3/c1-5(2)7(11)6(4-9)10-8(12)13-3/h5-6H,4H2,1-3H3,(H,10,12). The summed E-state index contributed by atoms with van der Waals surface area (Å²) < 4.78 is 16.5. The van der Waals surface area contributed by atoms with Crippen molar-refractivity contribution in [1.29, 1.82) is 0 Å². The molecule has 0 fully saturated rings. The Morgan fingerprint density at radius 2 is 2.00 bits per heavy atom. The van der Waals surface area contributed by atoms with Gasteiger partial charge in [0.05, 0.1) is 7.11 Å². The highest BCUT2D eigenvalue weighted by molar-refractivity contribution is 5.88. The summed E-state index contributed by atoms with van der Waals surface area (Å²) in [6.45, 7) is 2.38. The summed E-state index contributed by atoms with van der Waals surface area (Å²) in [5, 5.41) is 2.11. The van der Waals surface area contributed by atoms with Gasteiger partial charge in [0.25, 0.3) is 0 Å². The lowest BCUT2D eigenvalue weighted by Crippen LogP contribution is -2.44. The van der Waals surface area contributed by atoms with E-state index in [0.717, 1.165) is 7.11 Å². The van der Waals surface area contributed by atoms with E-state index in [2.05, 4.69) is 10.1 Å². The van der Waals surface area contributed by atoms with Crippen LogP contribution >= 0.6 is 0 Å². The van der Waals surface area contributed by atoms with Crippen molar-refractivity contribution in [3.8, 4) is 0 Å². The third-order valence-corrected chi connectivity index (χ3v) is 1.54. The summed E-state index contributed by atoms with van der Waals surface area (Å²) in [6, 6.07) is -1.09. The topological polar surface area (TPSA) is 55.4 Å². The Morgan fingerprint density at radius 3 is 2.31 bits per heavy atom. The van der Waals surface area contributed by atoms with Crippen LogP contribution in [0.15, 0.2) is 0 Å². The number of carbonyl (C=O) groups excluding carboxylic acids is 2. The number of Topliss-reactive ketones (excluding diaryl/α,β-unsaturated/α-hetero) is 1. The van der Waals surface area contributed by atoms with Crippen molar-refractivity contribution >= 4 is 11.9 Å². The van der Waals surface area contributed by atoms with Crippen LogP contribution in [0.3, 0.4) is 0 Å². The Balaban J connectivity index is 4.18. The van der Waals surface area contributed by atoms with Crippen LogP contribution in [0.2, 0.25) is 0 Å². The molecule has 0 aliphatic rings. The molecule has 0 saturated heterocycles. The first kappa shape index (κ1) is 11.9. The minimum atomic E-state index is -1.09. The number of ketones is 1. The Bertz CT molecular complexity index is 194. The normalized spacial score (nSPS) is 12.4. The van der Waals surface area contributed by atoms with Gasteiger partial charge in [0, 0.05) is 5.92 Å². The molecule has 0 aliphatic carbocycles. The molecule has 0 aromatic heterocycles. The molecule has 0 saturated carbocycles. The number of rotatable bonds is 4. The van der Waals surface area contributed by atoms with Crippen LogP contribution in [0.4, 0.5) is 9.18 Å². The summed E-state index contributed by atoms with van der Waals surface area (Å²) in [6.07, 6.45) is -0.795. The van der Waals surface area contributed by atoms with Gasteiger partial charge in [-0.05, 0) is 0 Å². The van der Waals surface area contributed by atoms with Crippen LogP contribution in [-0.2, 0) is 9.53 Å². The molecule has 0 aliphatic heterocycles. The largest absolute Gasteiger partial charge is 0.453 e. The second-order valence-electron chi connectivity index (χ2n) is 2.90. The van der Waals surface area contributed by atoms with E-state index < -0.39 is 18.8 Å². The number of halogens is 1. The molecule has 1 N–H and O–H groups in total. The van der Waals surface area contributed by atoms with Crippen LogP contribution in [-0.4, -0.2) is 31.7 Å². The van der Waals surface area contributed by atoms with Gasteiger partial charge >= 0.3 is 6.09 Å². The summed E-state index contributed by atoms with van der Waals surface area (Å²) in [5.74, 6) is -0.647. The van der Waals surface area contributed by atoms with E-state index in [4.69, 9.17) is 0 Å². The van der Waals surface area contributed by atoms with Gasteiger partial charge in [-0.25, -0.2) is 9.18 Å². The van der Waals surface area contributed by atoms with Gasteiger partial charge in [0.2, 0.25) is 0 Å². The molecule has 0 spiro atoms. The summed E-state index contributed by atoms with van der Waals surface area (Å²) in [7, 11) is 1.16. The molecule has 0 aromatic rings. The number of amides is 1. The van der Waals surface area contributed by atoms with Gasteiger partial charge in [-0.2, -0.15) is 0 Å². The predicted octanol–water partition coefficient (Wildman–Crippen LogP) is 0.906. The average Bonchev–Trinajstić information content (AvgIpc) is 2.12. The number of hydrogen-bond acceptors (Lipinski definition) is 3. The first-order chi connectivity index (χ1) is 6.02. The Labute approximate surface area is 76.4 Å². The SMILES string of the molecule is COC(=O)NC(CF)C(=O)C(C)C. The van der Waals surface area contributed by atoms with Crippen molar-refractivity contribution in [3.05, 3.63) is 0 Å². The van der Waals surface area contributed by atoms with Gasteiger partial charge in [-0.3, -0.25) is 4.79 Å². The molecule has 0 radical (unpaired) electrons. The average molecular weight is 191 g/mol. The van der Waals surface area contributed by atoms with Crippen LogP contribution in [0.25, 0.3) is 0 Å². The van der Waals surface area contributed by atoms with Crippen LogP contribution in [0.1, 0.15) is 13.8 Å². The highest BCUT2D eigenvalue weighted by Gasteiger charge is 2.22. The molecular weight excluding hydrogens is 177 g/mol. The number of alkyl halides is 1. The lowest BCUT2D eigenvalue weighted by atomic mass is 10.0. The van der Waals surface area contributed by atoms with Crippen LogP contribution in [0, 0.1) is 5.92 Å². The van der Waals surface area contributed by atoms with Gasteiger partial charge in [-0.1, -0.05) is 13.8 Å². The number of ether oxygens (including phenoxy) is 1. The fraction of sp³-hybridized carbons (Fsp3) is 0.750. The first-order valence-corrected chi connectivity index (χ1v) is 3.97. The summed E-state index contributed by atoms with van der Waals surface area (Å²) >= 11 is 0. The summed E-state index contributed by atoms with van der Waals surface area (Å²) in [4.78, 5) is 21.9. The number of carbonyl (C=O) groups is 2. The fourth-order valence-corrected chi connectivity index (χ4v) is 0.789. The van der Waals surface area contributed by atoms with Crippen molar-refractivity contribution in [3.63, 3.8) is 0 Å². The first-order valence-electron chi connectivity index (χ1n) is 3.97. The molecule has 1 atom stereocenters. The van der Waals surface area contributed by atoms with Crippen molar-refractivity contribution in [2.24, 2.45) is 5.92 Å². The van der Waals surface area contributed by atoms with Crippen LogP contribution in [0.5, 0.6) is 0 Å². The zero-order valence-corrected chi connectivity index (χ0v) is 7.96. The number of nitrogens with one attached hydrogen (secondary N) is 1. The molecule has 5 heteroatoms. The van der Waals surface area contributed by atoms with Gasteiger partial charge in [-0.15, -0.1) is 0 Å². The highest BCUT2D eigenvalue weighted by Crippen LogP contribution is 2.00. The van der Waals surface area contributed by atoms with E-state index in [-0.39, 0.29) is 11.7 Å². The second-order valence-corrected chi connectivity index (χ2v) is 2.90. The maximum absolute atomic E-state index is 12.3.